The third-order valence-electron chi connectivity index (χ3n) is 2.17. The predicted octanol–water partition coefficient (Wildman–Crippen LogP) is 0.991. The Balaban J connectivity index is 1.99. The zero-order valence-electron chi connectivity index (χ0n) is 8.49. The van der Waals surface area contributed by atoms with Gasteiger partial charge in [-0.2, -0.15) is 0 Å². The zero-order chi connectivity index (χ0) is 10.7. The standard InChI is InChI=1S/C10H13N3OS/c1-7-3-2-4-9(12-7)13-10(14)8-5-15-6-11-8/h2-4,8,11H,5-6H2,1H3,(H,12,13,14). The van der Waals surface area contributed by atoms with Gasteiger partial charge in [-0.1, -0.05) is 6.07 Å². The molecule has 1 aromatic heterocycles. The highest BCUT2D eigenvalue weighted by Crippen LogP contribution is 2.11. The number of carbonyl (C=O) groups is 1. The second-order valence-electron chi connectivity index (χ2n) is 3.43. The molecule has 2 N–H and O–H groups in total. The lowest BCUT2D eigenvalue weighted by Crippen LogP contribution is -2.37. The van der Waals surface area contributed by atoms with Crippen molar-refractivity contribution in [3.05, 3.63) is 23.9 Å². The summed E-state index contributed by atoms with van der Waals surface area (Å²) in [5, 5.41) is 5.91. The van der Waals surface area contributed by atoms with Gasteiger partial charge < -0.3 is 5.32 Å². The Bertz CT molecular complexity index is 363. The number of aromatic nitrogens is 1. The van der Waals surface area contributed by atoms with Crippen molar-refractivity contribution in [2.45, 2.75) is 13.0 Å². The Kier molecular flexibility index (Phi) is 3.23. The Morgan fingerprint density at radius 2 is 2.53 bits per heavy atom. The van der Waals surface area contributed by atoms with Crippen molar-refractivity contribution in [3.8, 4) is 0 Å². The molecular formula is C10H13N3OS. The highest BCUT2D eigenvalue weighted by Gasteiger charge is 2.22. The van der Waals surface area contributed by atoms with Crippen LogP contribution < -0.4 is 10.6 Å². The first-order valence-electron chi connectivity index (χ1n) is 4.81. The molecule has 1 aliphatic rings. The van der Waals surface area contributed by atoms with Crippen LogP contribution in [0.15, 0.2) is 18.2 Å². The molecule has 1 amide bonds. The molecule has 5 heteroatoms. The molecule has 1 unspecified atom stereocenters. The Hall–Kier alpha value is -1.07. The van der Waals surface area contributed by atoms with Crippen LogP contribution in [-0.2, 0) is 4.79 Å². The van der Waals surface area contributed by atoms with Gasteiger partial charge in [-0.3, -0.25) is 10.1 Å². The van der Waals surface area contributed by atoms with Crippen LogP contribution in [0.2, 0.25) is 0 Å². The highest BCUT2D eigenvalue weighted by atomic mass is 32.2. The first-order chi connectivity index (χ1) is 7.25. The quantitative estimate of drug-likeness (QED) is 0.785. The van der Waals surface area contributed by atoms with Gasteiger partial charge in [0.1, 0.15) is 5.82 Å². The fraction of sp³-hybridized carbons (Fsp3) is 0.400. The third-order valence-corrected chi connectivity index (χ3v) is 3.11. The number of nitrogens with one attached hydrogen (secondary N) is 2. The van der Waals surface area contributed by atoms with Crippen LogP contribution in [0.5, 0.6) is 0 Å². The van der Waals surface area contributed by atoms with E-state index in [9.17, 15) is 4.79 Å². The number of hydrogen-bond acceptors (Lipinski definition) is 4. The molecule has 2 rings (SSSR count). The number of thioether (sulfide) groups is 1. The van der Waals surface area contributed by atoms with Crippen LogP contribution in [0.25, 0.3) is 0 Å². The number of carbonyl (C=O) groups excluding carboxylic acids is 1. The normalized spacial score (nSPS) is 20.2. The van der Waals surface area contributed by atoms with E-state index in [2.05, 4.69) is 15.6 Å². The Morgan fingerprint density at radius 3 is 3.20 bits per heavy atom. The third kappa shape index (κ3) is 2.70. The highest BCUT2D eigenvalue weighted by molar-refractivity contribution is 7.99. The molecule has 2 heterocycles. The maximum absolute atomic E-state index is 11.7. The number of hydrogen-bond donors (Lipinski definition) is 2. The van der Waals surface area contributed by atoms with Crippen molar-refractivity contribution in [2.24, 2.45) is 0 Å². The first kappa shape index (κ1) is 10.4. The maximum atomic E-state index is 11.7. The lowest BCUT2D eigenvalue weighted by Gasteiger charge is -2.09. The fourth-order valence-corrected chi connectivity index (χ4v) is 2.33. The van der Waals surface area contributed by atoms with Gasteiger partial charge in [0, 0.05) is 17.3 Å². The number of anilines is 1. The molecule has 1 aliphatic heterocycles. The van der Waals surface area contributed by atoms with E-state index >= 15 is 0 Å². The summed E-state index contributed by atoms with van der Waals surface area (Å²) < 4.78 is 0. The van der Waals surface area contributed by atoms with E-state index in [0.29, 0.717) is 5.82 Å². The van der Waals surface area contributed by atoms with Gasteiger partial charge in [0.2, 0.25) is 5.91 Å². The molecule has 1 saturated heterocycles. The lowest BCUT2D eigenvalue weighted by molar-refractivity contribution is -0.117. The number of amides is 1. The van der Waals surface area contributed by atoms with E-state index in [1.807, 2.05) is 19.1 Å². The summed E-state index contributed by atoms with van der Waals surface area (Å²) in [5.74, 6) is 2.30. The van der Waals surface area contributed by atoms with Crippen molar-refractivity contribution in [1.29, 1.82) is 0 Å². The van der Waals surface area contributed by atoms with Gasteiger partial charge in [-0.15, -0.1) is 11.8 Å². The molecule has 0 aromatic carbocycles. The summed E-state index contributed by atoms with van der Waals surface area (Å²) >= 11 is 1.73. The van der Waals surface area contributed by atoms with E-state index in [1.54, 1.807) is 17.8 Å². The average Bonchev–Trinajstić information content (AvgIpc) is 2.70. The van der Waals surface area contributed by atoms with Crippen LogP contribution in [0.1, 0.15) is 5.69 Å². The molecule has 1 atom stereocenters. The minimum Gasteiger partial charge on any atom is -0.309 e. The number of nitrogens with zero attached hydrogens (tertiary/aromatic N) is 1. The van der Waals surface area contributed by atoms with Crippen LogP contribution in [0.3, 0.4) is 0 Å². The zero-order valence-corrected chi connectivity index (χ0v) is 9.30. The minimum absolute atomic E-state index is 0.00176. The molecule has 1 fully saturated rings. The smallest absolute Gasteiger partial charge is 0.243 e. The molecule has 0 saturated carbocycles. The van der Waals surface area contributed by atoms with E-state index in [1.165, 1.54) is 0 Å². The summed E-state index contributed by atoms with van der Waals surface area (Å²) in [6.45, 7) is 1.90. The monoisotopic (exact) mass is 223 g/mol. The number of pyridine rings is 1. The predicted molar refractivity (Wildman–Crippen MR) is 61.9 cm³/mol. The summed E-state index contributed by atoms with van der Waals surface area (Å²) in [4.78, 5) is 15.9. The van der Waals surface area contributed by atoms with Crippen molar-refractivity contribution in [3.63, 3.8) is 0 Å². The van der Waals surface area contributed by atoms with E-state index in [0.717, 1.165) is 17.3 Å². The van der Waals surface area contributed by atoms with E-state index in [-0.39, 0.29) is 11.9 Å². The van der Waals surface area contributed by atoms with Crippen molar-refractivity contribution in [2.75, 3.05) is 16.9 Å². The van der Waals surface area contributed by atoms with E-state index in [4.69, 9.17) is 0 Å². The second kappa shape index (κ2) is 4.63. The Labute approximate surface area is 92.9 Å². The molecule has 0 bridgehead atoms. The molecule has 0 radical (unpaired) electrons. The fourth-order valence-electron chi connectivity index (χ4n) is 1.39. The topological polar surface area (TPSA) is 54.0 Å². The van der Waals surface area contributed by atoms with Crippen molar-refractivity contribution < 1.29 is 4.79 Å². The molecule has 0 aliphatic carbocycles. The van der Waals surface area contributed by atoms with Crippen LogP contribution in [0.4, 0.5) is 5.82 Å². The van der Waals surface area contributed by atoms with E-state index < -0.39 is 0 Å². The molecule has 1 aromatic rings. The van der Waals surface area contributed by atoms with Gasteiger partial charge in [-0.05, 0) is 19.1 Å². The van der Waals surface area contributed by atoms with Crippen LogP contribution in [-0.4, -0.2) is 28.6 Å². The summed E-state index contributed by atoms with van der Waals surface area (Å²) in [5.41, 5.74) is 0.904. The lowest BCUT2D eigenvalue weighted by atomic mass is 10.3. The molecular weight excluding hydrogens is 210 g/mol. The van der Waals surface area contributed by atoms with Gasteiger partial charge in [0.05, 0.1) is 6.04 Å². The number of rotatable bonds is 2. The van der Waals surface area contributed by atoms with Crippen molar-refractivity contribution in [1.82, 2.24) is 10.3 Å². The second-order valence-corrected chi connectivity index (χ2v) is 4.46. The maximum Gasteiger partial charge on any atom is 0.243 e. The largest absolute Gasteiger partial charge is 0.309 e. The summed E-state index contributed by atoms with van der Waals surface area (Å²) in [6.07, 6.45) is 0. The molecule has 0 spiro atoms. The van der Waals surface area contributed by atoms with Gasteiger partial charge in [0.15, 0.2) is 0 Å². The first-order valence-corrected chi connectivity index (χ1v) is 5.97. The van der Waals surface area contributed by atoms with Gasteiger partial charge in [0.25, 0.3) is 0 Å². The SMILES string of the molecule is Cc1cccc(NC(=O)C2CSCN2)n1. The molecule has 80 valence electrons. The van der Waals surface area contributed by atoms with Crippen LogP contribution >= 0.6 is 11.8 Å². The average molecular weight is 223 g/mol. The molecule has 4 nitrogen and oxygen atoms in total. The van der Waals surface area contributed by atoms with Crippen molar-refractivity contribution >= 4 is 23.5 Å². The summed E-state index contributed by atoms with van der Waals surface area (Å²) in [6, 6.07) is 5.50. The summed E-state index contributed by atoms with van der Waals surface area (Å²) in [7, 11) is 0. The van der Waals surface area contributed by atoms with Crippen LogP contribution in [0, 0.1) is 6.92 Å². The molecule has 15 heavy (non-hydrogen) atoms. The van der Waals surface area contributed by atoms with Gasteiger partial charge in [-0.25, -0.2) is 4.98 Å². The minimum atomic E-state index is -0.0858. The van der Waals surface area contributed by atoms with Gasteiger partial charge >= 0.3 is 0 Å². The Morgan fingerprint density at radius 1 is 1.67 bits per heavy atom. The number of aryl methyl sites for hydroxylation is 1.